The third-order valence-electron chi connectivity index (χ3n) is 2.63. The van der Waals surface area contributed by atoms with Crippen molar-refractivity contribution in [1.29, 1.82) is 0 Å². The van der Waals surface area contributed by atoms with Crippen LogP contribution in [0.1, 0.15) is 18.7 Å². The van der Waals surface area contributed by atoms with Crippen LogP contribution in [-0.4, -0.2) is 31.2 Å². The minimum Gasteiger partial charge on any atom is -0.396 e. The van der Waals surface area contributed by atoms with Gasteiger partial charge in [0.1, 0.15) is 11.3 Å². The highest BCUT2D eigenvalue weighted by Crippen LogP contribution is 2.06. The van der Waals surface area contributed by atoms with Crippen LogP contribution in [-0.2, 0) is 13.5 Å². The van der Waals surface area contributed by atoms with E-state index in [0.29, 0.717) is 29.8 Å². The lowest BCUT2D eigenvalue weighted by Crippen LogP contribution is -2.28. The Balaban J connectivity index is 2.43. The molecular formula is C10H14N4O3. The summed E-state index contributed by atoms with van der Waals surface area (Å²) in [5, 5.41) is 8.68. The summed E-state index contributed by atoms with van der Waals surface area (Å²) in [6.45, 7) is 0.138. The number of aliphatic hydroxyl groups is 1. The van der Waals surface area contributed by atoms with Crippen molar-refractivity contribution in [1.82, 2.24) is 19.5 Å². The van der Waals surface area contributed by atoms with Crippen LogP contribution in [0.15, 0.2) is 9.59 Å². The zero-order valence-electron chi connectivity index (χ0n) is 9.49. The number of rotatable bonds is 4. The van der Waals surface area contributed by atoms with E-state index in [9.17, 15) is 9.59 Å². The minimum atomic E-state index is -0.476. The number of aromatic amines is 2. The minimum absolute atomic E-state index is 0.138. The second-order valence-corrected chi connectivity index (χ2v) is 3.88. The van der Waals surface area contributed by atoms with Crippen LogP contribution < -0.4 is 11.2 Å². The molecule has 0 bridgehead atoms. The average Bonchev–Trinajstić information content (AvgIpc) is 2.71. The summed E-state index contributed by atoms with van der Waals surface area (Å²) in [4.78, 5) is 32.2. The van der Waals surface area contributed by atoms with Gasteiger partial charge in [0.25, 0.3) is 5.56 Å². The second-order valence-electron chi connectivity index (χ2n) is 3.88. The highest BCUT2D eigenvalue weighted by Gasteiger charge is 2.10. The summed E-state index contributed by atoms with van der Waals surface area (Å²) >= 11 is 0. The normalized spacial score (nSPS) is 11.2. The fourth-order valence-electron chi connectivity index (χ4n) is 1.68. The van der Waals surface area contributed by atoms with Gasteiger partial charge >= 0.3 is 5.69 Å². The Morgan fingerprint density at radius 2 is 2.06 bits per heavy atom. The van der Waals surface area contributed by atoms with Crippen LogP contribution in [0.4, 0.5) is 0 Å². The maximum atomic E-state index is 11.5. The zero-order chi connectivity index (χ0) is 12.4. The summed E-state index contributed by atoms with van der Waals surface area (Å²) in [6, 6.07) is 0. The molecule has 0 radical (unpaired) electrons. The first kappa shape index (κ1) is 11.6. The van der Waals surface area contributed by atoms with E-state index in [1.54, 1.807) is 7.05 Å². The monoisotopic (exact) mass is 238 g/mol. The summed E-state index contributed by atoms with van der Waals surface area (Å²) < 4.78 is 1.29. The number of aryl methyl sites for hydroxylation is 2. The Morgan fingerprint density at radius 1 is 1.29 bits per heavy atom. The van der Waals surface area contributed by atoms with Crippen molar-refractivity contribution >= 4 is 11.2 Å². The van der Waals surface area contributed by atoms with E-state index < -0.39 is 11.2 Å². The fraction of sp³-hybridized carbons (Fsp3) is 0.500. The van der Waals surface area contributed by atoms with E-state index in [1.807, 2.05) is 0 Å². The fourth-order valence-corrected chi connectivity index (χ4v) is 1.68. The predicted octanol–water partition coefficient (Wildman–Crippen LogP) is -0.735. The van der Waals surface area contributed by atoms with E-state index >= 15 is 0 Å². The highest BCUT2D eigenvalue weighted by molar-refractivity contribution is 5.69. The van der Waals surface area contributed by atoms with Gasteiger partial charge in [0.2, 0.25) is 0 Å². The molecule has 0 aliphatic heterocycles. The van der Waals surface area contributed by atoms with Crippen LogP contribution in [0.3, 0.4) is 0 Å². The maximum absolute atomic E-state index is 11.5. The van der Waals surface area contributed by atoms with Crippen molar-refractivity contribution < 1.29 is 5.11 Å². The molecule has 0 aliphatic carbocycles. The number of imidazole rings is 1. The molecule has 2 aromatic heterocycles. The van der Waals surface area contributed by atoms with Gasteiger partial charge in [0.05, 0.1) is 0 Å². The number of hydrogen-bond acceptors (Lipinski definition) is 4. The van der Waals surface area contributed by atoms with Gasteiger partial charge in [-0.15, -0.1) is 0 Å². The van der Waals surface area contributed by atoms with E-state index in [-0.39, 0.29) is 6.61 Å². The van der Waals surface area contributed by atoms with Crippen molar-refractivity contribution in [2.75, 3.05) is 6.61 Å². The van der Waals surface area contributed by atoms with Gasteiger partial charge in [-0.1, -0.05) is 0 Å². The standard InChI is InChI=1S/C10H14N4O3/c1-14-8-7(9(16)13-10(14)17)11-6(12-8)4-2-3-5-15/h15H,2-5H2,1H3,(H,11,12)(H,13,16,17). The van der Waals surface area contributed by atoms with Gasteiger partial charge in [0, 0.05) is 20.1 Å². The Labute approximate surface area is 96.1 Å². The summed E-state index contributed by atoms with van der Waals surface area (Å²) in [5.41, 5.74) is -0.260. The largest absolute Gasteiger partial charge is 0.396 e. The van der Waals surface area contributed by atoms with Crippen molar-refractivity contribution in [3.63, 3.8) is 0 Å². The molecule has 3 N–H and O–H groups in total. The number of fused-ring (bicyclic) bond motifs is 1. The lowest BCUT2D eigenvalue weighted by atomic mass is 10.2. The number of nitrogens with zero attached hydrogens (tertiary/aromatic N) is 2. The lowest BCUT2D eigenvalue weighted by Gasteiger charge is -1.94. The molecule has 92 valence electrons. The number of unbranched alkanes of at least 4 members (excludes halogenated alkanes) is 1. The molecule has 0 amide bonds. The molecule has 0 saturated carbocycles. The van der Waals surface area contributed by atoms with Crippen molar-refractivity contribution in [3.8, 4) is 0 Å². The molecule has 0 atom stereocenters. The van der Waals surface area contributed by atoms with Crippen molar-refractivity contribution in [2.24, 2.45) is 7.05 Å². The molecule has 0 saturated heterocycles. The molecular weight excluding hydrogens is 224 g/mol. The molecule has 0 aliphatic rings. The third kappa shape index (κ3) is 2.14. The Hall–Kier alpha value is -1.89. The number of aromatic nitrogens is 4. The van der Waals surface area contributed by atoms with Gasteiger partial charge in [-0.3, -0.25) is 14.3 Å². The number of aliphatic hydroxyl groups excluding tert-OH is 1. The van der Waals surface area contributed by atoms with Crippen LogP contribution in [0, 0.1) is 0 Å². The van der Waals surface area contributed by atoms with Gasteiger partial charge in [-0.05, 0) is 12.8 Å². The lowest BCUT2D eigenvalue weighted by molar-refractivity contribution is 0.284. The van der Waals surface area contributed by atoms with Crippen molar-refractivity contribution in [2.45, 2.75) is 19.3 Å². The first-order chi connectivity index (χ1) is 8.13. The number of H-pyrrole nitrogens is 2. The molecule has 7 nitrogen and oxygen atoms in total. The Kier molecular flexibility index (Phi) is 3.10. The van der Waals surface area contributed by atoms with E-state index in [1.165, 1.54) is 4.57 Å². The maximum Gasteiger partial charge on any atom is 0.329 e. The molecule has 2 aromatic rings. The predicted molar refractivity (Wildman–Crippen MR) is 62.0 cm³/mol. The number of nitrogens with one attached hydrogen (secondary N) is 2. The first-order valence-electron chi connectivity index (χ1n) is 5.42. The van der Waals surface area contributed by atoms with Crippen molar-refractivity contribution in [3.05, 3.63) is 26.7 Å². The molecule has 2 heterocycles. The van der Waals surface area contributed by atoms with Gasteiger partial charge < -0.3 is 10.1 Å². The van der Waals surface area contributed by atoms with E-state index in [2.05, 4.69) is 15.0 Å². The quantitative estimate of drug-likeness (QED) is 0.610. The average molecular weight is 238 g/mol. The molecule has 0 spiro atoms. The summed E-state index contributed by atoms with van der Waals surface area (Å²) in [5.74, 6) is 0.653. The molecule has 7 heteroatoms. The second kappa shape index (κ2) is 4.54. The summed E-state index contributed by atoms with van der Waals surface area (Å²) in [6.07, 6.45) is 2.11. The third-order valence-corrected chi connectivity index (χ3v) is 2.63. The van der Waals surface area contributed by atoms with E-state index in [4.69, 9.17) is 5.11 Å². The smallest absolute Gasteiger partial charge is 0.329 e. The van der Waals surface area contributed by atoms with E-state index in [0.717, 1.165) is 6.42 Å². The topological polar surface area (TPSA) is 104 Å². The van der Waals surface area contributed by atoms with Crippen LogP contribution >= 0.6 is 0 Å². The molecule has 0 fully saturated rings. The summed E-state index contributed by atoms with van der Waals surface area (Å²) in [7, 11) is 1.55. The Morgan fingerprint density at radius 3 is 2.76 bits per heavy atom. The van der Waals surface area contributed by atoms with Crippen LogP contribution in [0.2, 0.25) is 0 Å². The van der Waals surface area contributed by atoms with Gasteiger partial charge in [-0.25, -0.2) is 9.78 Å². The molecule has 2 rings (SSSR count). The first-order valence-corrected chi connectivity index (χ1v) is 5.42. The van der Waals surface area contributed by atoms with Gasteiger partial charge in [-0.2, -0.15) is 0 Å². The SMILES string of the molecule is Cn1c(=O)[nH]c(=O)c2[nH]c(CCCCO)nc21. The number of hydrogen-bond donors (Lipinski definition) is 3. The molecule has 17 heavy (non-hydrogen) atoms. The molecule has 0 aromatic carbocycles. The van der Waals surface area contributed by atoms with Crippen LogP contribution in [0.25, 0.3) is 11.2 Å². The molecule has 0 unspecified atom stereocenters. The highest BCUT2D eigenvalue weighted by atomic mass is 16.3. The Bertz CT molecular complexity index is 637. The van der Waals surface area contributed by atoms with Crippen LogP contribution in [0.5, 0.6) is 0 Å². The van der Waals surface area contributed by atoms with Gasteiger partial charge in [0.15, 0.2) is 5.65 Å². The zero-order valence-corrected chi connectivity index (χ0v) is 9.49.